The molecule has 4 atom stereocenters. The van der Waals surface area contributed by atoms with Crippen molar-refractivity contribution < 1.29 is 29.3 Å². The zero-order valence-corrected chi connectivity index (χ0v) is 23.4. The summed E-state index contributed by atoms with van der Waals surface area (Å²) in [5.74, 6) is -1.22. The van der Waals surface area contributed by atoms with Crippen molar-refractivity contribution in [1.29, 1.82) is 0 Å². The van der Waals surface area contributed by atoms with E-state index in [2.05, 4.69) is 10.6 Å². The number of aliphatic hydroxyl groups is 1. The van der Waals surface area contributed by atoms with E-state index in [1.165, 1.54) is 22.7 Å². The van der Waals surface area contributed by atoms with E-state index in [-0.39, 0.29) is 35.6 Å². The van der Waals surface area contributed by atoms with E-state index < -0.39 is 34.7 Å². The van der Waals surface area contributed by atoms with Gasteiger partial charge in [0.1, 0.15) is 11.8 Å². The van der Waals surface area contributed by atoms with Crippen molar-refractivity contribution in [2.24, 2.45) is 0 Å². The van der Waals surface area contributed by atoms with Crippen LogP contribution in [0.25, 0.3) is 0 Å². The number of hydrogen-bond acceptors (Lipinski definition) is 7. The Morgan fingerprint density at radius 3 is 2.59 bits per heavy atom. The molecule has 2 fully saturated rings. The van der Waals surface area contributed by atoms with Crippen LogP contribution < -0.4 is 10.6 Å². The second kappa shape index (κ2) is 12.4. The Morgan fingerprint density at radius 1 is 1.15 bits per heavy atom. The number of rotatable bonds is 9. The van der Waals surface area contributed by atoms with Crippen molar-refractivity contribution in [2.75, 3.05) is 19.0 Å². The van der Waals surface area contributed by atoms with Crippen molar-refractivity contribution in [1.82, 2.24) is 15.5 Å². The molecule has 2 aliphatic heterocycles. The lowest BCUT2D eigenvalue weighted by Gasteiger charge is -2.33. The van der Waals surface area contributed by atoms with Crippen molar-refractivity contribution in [3.8, 4) is 5.75 Å². The number of carbonyl (C=O) groups is 3. The zero-order valence-electron chi connectivity index (χ0n) is 22.6. The molecule has 4 unspecified atom stereocenters. The Balaban J connectivity index is 1.54. The number of carbonyl (C=O) groups excluding carboxylic acids is 3. The fourth-order valence-corrected chi connectivity index (χ4v) is 6.24. The number of benzene rings is 2. The molecule has 210 valence electrons. The molecule has 2 saturated heterocycles. The number of hydrogen-bond donors (Lipinski definition) is 4. The number of ether oxygens (including phenoxy) is 1. The van der Waals surface area contributed by atoms with E-state index in [0.29, 0.717) is 18.7 Å². The first-order chi connectivity index (χ1) is 18.6. The summed E-state index contributed by atoms with van der Waals surface area (Å²) in [4.78, 5) is 41.7. The number of thioether (sulfide) groups is 1. The number of nitrogens with zero attached hydrogens (tertiary/aromatic N) is 1. The first-order valence-corrected chi connectivity index (χ1v) is 14.2. The zero-order chi connectivity index (χ0) is 28.2. The maximum atomic E-state index is 13.7. The van der Waals surface area contributed by atoms with Gasteiger partial charge in [-0.2, -0.15) is 0 Å². The molecular weight excluding hydrogens is 518 g/mol. The Labute approximate surface area is 233 Å². The van der Waals surface area contributed by atoms with Crippen LogP contribution in [0.3, 0.4) is 0 Å². The summed E-state index contributed by atoms with van der Waals surface area (Å²) in [5.41, 5.74) is 1.47. The number of phenols is 1. The number of phenolic OH excluding ortho intramolecular Hbond substituents is 1. The molecule has 0 radical (unpaired) electrons. The van der Waals surface area contributed by atoms with Gasteiger partial charge in [-0.1, -0.05) is 36.4 Å². The van der Waals surface area contributed by atoms with E-state index in [4.69, 9.17) is 4.74 Å². The second-order valence-electron chi connectivity index (χ2n) is 10.6. The van der Waals surface area contributed by atoms with Crippen molar-refractivity contribution in [3.05, 3.63) is 65.2 Å². The summed E-state index contributed by atoms with van der Waals surface area (Å²) in [7, 11) is 0. The lowest BCUT2D eigenvalue weighted by atomic mass is 9.96. The van der Waals surface area contributed by atoms with E-state index in [0.717, 1.165) is 18.4 Å². The Bertz CT molecular complexity index is 1180. The maximum Gasteiger partial charge on any atom is 0.254 e. The fourth-order valence-electron chi connectivity index (χ4n) is 5.10. The van der Waals surface area contributed by atoms with Gasteiger partial charge in [-0.05, 0) is 57.7 Å². The van der Waals surface area contributed by atoms with Crippen molar-refractivity contribution in [3.63, 3.8) is 0 Å². The molecule has 9 nitrogen and oxygen atoms in total. The standard InChI is InChI=1S/C29H37N3O6S/c1-18-21(12-7-13-23(18)33)26(35)31-22(15-19-9-5-4-6-10-19)24(34)28(37)32-17-39-29(2,3)25(32)27(36)30-16-20-11-8-14-38-20/h4-7,9-10,12-13,20,22,24-25,33-34H,8,11,14-17H2,1-3H3,(H,30,36)(H,31,35). The second-order valence-corrected chi connectivity index (χ2v) is 12.2. The van der Waals surface area contributed by atoms with Gasteiger partial charge in [-0.3, -0.25) is 14.4 Å². The minimum absolute atomic E-state index is 0.0212. The lowest BCUT2D eigenvalue weighted by molar-refractivity contribution is -0.147. The van der Waals surface area contributed by atoms with Gasteiger partial charge in [0.2, 0.25) is 5.91 Å². The molecule has 4 rings (SSSR count). The van der Waals surface area contributed by atoms with Crippen LogP contribution in [0.15, 0.2) is 48.5 Å². The van der Waals surface area contributed by atoms with Crippen molar-refractivity contribution >= 4 is 29.5 Å². The molecule has 3 amide bonds. The third-order valence-corrected chi connectivity index (χ3v) is 8.78. The van der Waals surface area contributed by atoms with Gasteiger partial charge in [-0.25, -0.2) is 0 Å². The van der Waals surface area contributed by atoms with Crippen LogP contribution in [-0.4, -0.2) is 80.9 Å². The summed E-state index contributed by atoms with van der Waals surface area (Å²) in [5, 5.41) is 27.2. The first-order valence-electron chi connectivity index (χ1n) is 13.2. The number of nitrogens with one attached hydrogen (secondary N) is 2. The average Bonchev–Trinajstić information content (AvgIpc) is 3.55. The van der Waals surface area contributed by atoms with Gasteiger partial charge in [0.05, 0.1) is 18.0 Å². The average molecular weight is 556 g/mol. The summed E-state index contributed by atoms with van der Waals surface area (Å²) in [6, 6.07) is 12.1. The van der Waals surface area contributed by atoms with Gasteiger partial charge in [0.15, 0.2) is 6.10 Å². The molecule has 4 N–H and O–H groups in total. The topological polar surface area (TPSA) is 128 Å². The van der Waals surface area contributed by atoms with Crippen LogP contribution in [0.2, 0.25) is 0 Å². The smallest absolute Gasteiger partial charge is 0.254 e. The summed E-state index contributed by atoms with van der Waals surface area (Å²) < 4.78 is 5.03. The number of amides is 3. The molecule has 0 aromatic heterocycles. The molecule has 39 heavy (non-hydrogen) atoms. The van der Waals surface area contributed by atoms with Gasteiger partial charge in [-0.15, -0.1) is 11.8 Å². The summed E-state index contributed by atoms with van der Waals surface area (Å²) in [6.07, 6.45) is 0.391. The molecule has 2 aromatic carbocycles. The lowest BCUT2D eigenvalue weighted by Crippen LogP contribution is -2.59. The summed E-state index contributed by atoms with van der Waals surface area (Å²) in [6.45, 7) is 6.49. The van der Waals surface area contributed by atoms with Crippen LogP contribution in [-0.2, 0) is 20.7 Å². The molecule has 10 heteroatoms. The Kier molecular flexibility index (Phi) is 9.19. The third kappa shape index (κ3) is 6.74. The van der Waals surface area contributed by atoms with Gasteiger partial charge in [0, 0.05) is 29.0 Å². The van der Waals surface area contributed by atoms with Crippen LogP contribution >= 0.6 is 11.8 Å². The predicted molar refractivity (Wildman–Crippen MR) is 149 cm³/mol. The molecular formula is C29H37N3O6S. The minimum atomic E-state index is -1.60. The number of aromatic hydroxyl groups is 1. The quantitative estimate of drug-likeness (QED) is 0.374. The largest absolute Gasteiger partial charge is 0.508 e. The number of aliphatic hydroxyl groups excluding tert-OH is 1. The molecule has 0 aliphatic carbocycles. The van der Waals surface area contributed by atoms with Gasteiger partial charge < -0.3 is 30.5 Å². The maximum absolute atomic E-state index is 13.7. The molecule has 0 bridgehead atoms. The molecule has 2 aliphatic rings. The van der Waals surface area contributed by atoms with E-state index >= 15 is 0 Å². The van der Waals surface area contributed by atoms with Crippen molar-refractivity contribution in [2.45, 2.75) is 69.1 Å². The SMILES string of the molecule is Cc1c(O)cccc1C(=O)NC(Cc1ccccc1)C(O)C(=O)N1CSC(C)(C)C1C(=O)NCC1CCCO1. The van der Waals surface area contributed by atoms with Crippen LogP contribution in [0.1, 0.15) is 48.2 Å². The van der Waals surface area contributed by atoms with Crippen LogP contribution in [0.4, 0.5) is 0 Å². The highest BCUT2D eigenvalue weighted by atomic mass is 32.2. The highest BCUT2D eigenvalue weighted by Gasteiger charge is 2.50. The first kappa shape index (κ1) is 28.9. The van der Waals surface area contributed by atoms with Gasteiger partial charge in [0.25, 0.3) is 11.8 Å². The monoisotopic (exact) mass is 555 g/mol. The Hall–Kier alpha value is -3.08. The summed E-state index contributed by atoms with van der Waals surface area (Å²) >= 11 is 1.46. The van der Waals surface area contributed by atoms with E-state index in [1.54, 1.807) is 19.1 Å². The molecule has 0 spiro atoms. The van der Waals surface area contributed by atoms with E-state index in [1.807, 2.05) is 44.2 Å². The highest BCUT2D eigenvalue weighted by Crippen LogP contribution is 2.40. The third-order valence-electron chi connectivity index (χ3n) is 7.40. The van der Waals surface area contributed by atoms with Crippen LogP contribution in [0.5, 0.6) is 5.75 Å². The molecule has 2 heterocycles. The molecule has 2 aromatic rings. The predicted octanol–water partition coefficient (Wildman–Crippen LogP) is 2.38. The van der Waals surface area contributed by atoms with E-state index in [9.17, 15) is 24.6 Å². The minimum Gasteiger partial charge on any atom is -0.508 e. The fraction of sp³-hybridized carbons (Fsp3) is 0.483. The van der Waals surface area contributed by atoms with Gasteiger partial charge >= 0.3 is 0 Å². The molecule has 0 saturated carbocycles. The Morgan fingerprint density at radius 2 is 1.90 bits per heavy atom. The van der Waals surface area contributed by atoms with Crippen LogP contribution in [0, 0.1) is 6.92 Å². The highest BCUT2D eigenvalue weighted by molar-refractivity contribution is 8.00. The normalized spacial score (nSPS) is 21.8.